The molecule has 1 unspecified atom stereocenters. The van der Waals surface area contributed by atoms with E-state index in [1.54, 1.807) is 7.11 Å². The second kappa shape index (κ2) is 7.17. The molecule has 0 fully saturated rings. The number of benzene rings is 2. The van der Waals surface area contributed by atoms with E-state index in [2.05, 4.69) is 17.4 Å². The van der Waals surface area contributed by atoms with E-state index >= 15 is 0 Å². The zero-order chi connectivity index (χ0) is 16.9. The molecule has 1 aliphatic heterocycles. The number of aryl methyl sites for hydroxylation is 1. The van der Waals surface area contributed by atoms with Crippen LogP contribution >= 0.6 is 0 Å². The summed E-state index contributed by atoms with van der Waals surface area (Å²) < 4.78 is 5.33. The van der Waals surface area contributed by atoms with Crippen molar-refractivity contribution in [2.75, 3.05) is 12.4 Å². The SMILES string of the molecule is CCc1ccc(NC(=O)C2CC(c3ccccc3OC)=NO2)cc1. The second-order valence-corrected chi connectivity index (χ2v) is 5.58. The largest absolute Gasteiger partial charge is 0.496 e. The van der Waals surface area contributed by atoms with Gasteiger partial charge in [-0.15, -0.1) is 0 Å². The van der Waals surface area contributed by atoms with E-state index in [1.807, 2.05) is 48.5 Å². The molecule has 0 spiro atoms. The number of rotatable bonds is 5. The molecule has 0 saturated carbocycles. The number of hydrogen-bond acceptors (Lipinski definition) is 4. The molecule has 1 heterocycles. The van der Waals surface area contributed by atoms with Gasteiger partial charge in [0.2, 0.25) is 6.10 Å². The molecule has 0 saturated heterocycles. The average molecular weight is 324 g/mol. The summed E-state index contributed by atoms with van der Waals surface area (Å²) in [5.74, 6) is 0.518. The minimum Gasteiger partial charge on any atom is -0.496 e. The number of methoxy groups -OCH3 is 1. The number of nitrogens with one attached hydrogen (secondary N) is 1. The monoisotopic (exact) mass is 324 g/mol. The van der Waals surface area contributed by atoms with E-state index in [1.165, 1.54) is 5.56 Å². The molecule has 2 aromatic carbocycles. The van der Waals surface area contributed by atoms with Gasteiger partial charge in [0.1, 0.15) is 5.75 Å². The van der Waals surface area contributed by atoms with Gasteiger partial charge in [0.25, 0.3) is 5.91 Å². The lowest BCUT2D eigenvalue weighted by Crippen LogP contribution is -2.28. The second-order valence-electron chi connectivity index (χ2n) is 5.58. The van der Waals surface area contributed by atoms with Gasteiger partial charge in [0.15, 0.2) is 0 Å². The zero-order valence-corrected chi connectivity index (χ0v) is 13.8. The summed E-state index contributed by atoms with van der Waals surface area (Å²) in [4.78, 5) is 17.7. The molecule has 124 valence electrons. The number of oxime groups is 1. The number of carbonyl (C=O) groups excluding carboxylic acids is 1. The first-order chi connectivity index (χ1) is 11.7. The maximum absolute atomic E-state index is 12.4. The van der Waals surface area contributed by atoms with Gasteiger partial charge in [-0.3, -0.25) is 4.79 Å². The first kappa shape index (κ1) is 16.1. The normalized spacial score (nSPS) is 16.2. The average Bonchev–Trinajstić information content (AvgIpc) is 3.12. The van der Waals surface area contributed by atoms with Crippen LogP contribution in [0.2, 0.25) is 0 Å². The minimum atomic E-state index is -0.629. The van der Waals surface area contributed by atoms with Crippen LogP contribution in [-0.2, 0) is 16.1 Å². The van der Waals surface area contributed by atoms with Crippen LogP contribution in [0.3, 0.4) is 0 Å². The van der Waals surface area contributed by atoms with Crippen LogP contribution in [0, 0.1) is 0 Å². The predicted octanol–water partition coefficient (Wildman–Crippen LogP) is 3.39. The third-order valence-electron chi connectivity index (χ3n) is 4.01. The third-order valence-corrected chi connectivity index (χ3v) is 4.01. The molecule has 1 N–H and O–H groups in total. The Labute approximate surface area is 141 Å². The Balaban J connectivity index is 1.64. The highest BCUT2D eigenvalue weighted by Crippen LogP contribution is 2.25. The summed E-state index contributed by atoms with van der Waals surface area (Å²) in [7, 11) is 1.61. The predicted molar refractivity (Wildman–Crippen MR) is 93.5 cm³/mol. The van der Waals surface area contributed by atoms with Crippen molar-refractivity contribution < 1.29 is 14.4 Å². The standard InChI is InChI=1S/C19H20N2O3/c1-3-13-8-10-14(11-9-13)20-19(22)18-12-16(21-24-18)15-6-4-5-7-17(15)23-2/h4-11,18H,3,12H2,1-2H3,(H,20,22). The van der Waals surface area contributed by atoms with Gasteiger partial charge in [-0.25, -0.2) is 0 Å². The van der Waals surface area contributed by atoms with Gasteiger partial charge >= 0.3 is 0 Å². The van der Waals surface area contributed by atoms with Crippen molar-refractivity contribution in [3.8, 4) is 5.75 Å². The molecule has 24 heavy (non-hydrogen) atoms. The van der Waals surface area contributed by atoms with Crippen LogP contribution < -0.4 is 10.1 Å². The molecule has 5 nitrogen and oxygen atoms in total. The molecular formula is C19H20N2O3. The molecule has 5 heteroatoms. The number of amides is 1. The van der Waals surface area contributed by atoms with Crippen molar-refractivity contribution in [2.24, 2.45) is 5.16 Å². The first-order valence-corrected chi connectivity index (χ1v) is 7.97. The van der Waals surface area contributed by atoms with E-state index in [9.17, 15) is 4.79 Å². The summed E-state index contributed by atoms with van der Waals surface area (Å²) >= 11 is 0. The third kappa shape index (κ3) is 3.40. The highest BCUT2D eigenvalue weighted by atomic mass is 16.6. The molecule has 1 amide bonds. The van der Waals surface area contributed by atoms with Crippen LogP contribution in [-0.4, -0.2) is 24.8 Å². The fraction of sp³-hybridized carbons (Fsp3) is 0.263. The van der Waals surface area contributed by atoms with Gasteiger partial charge in [0.05, 0.1) is 12.8 Å². The smallest absolute Gasteiger partial charge is 0.268 e. The number of hydrogen-bond donors (Lipinski definition) is 1. The Hall–Kier alpha value is -2.82. The highest BCUT2D eigenvalue weighted by Gasteiger charge is 2.30. The van der Waals surface area contributed by atoms with Crippen LogP contribution in [0.1, 0.15) is 24.5 Å². The molecule has 0 radical (unpaired) electrons. The maximum Gasteiger partial charge on any atom is 0.268 e. The zero-order valence-electron chi connectivity index (χ0n) is 13.8. The molecule has 0 aliphatic carbocycles. The summed E-state index contributed by atoms with van der Waals surface area (Å²) in [6.45, 7) is 2.09. The minimum absolute atomic E-state index is 0.201. The Morgan fingerprint density at radius 1 is 1.25 bits per heavy atom. The molecule has 1 aliphatic rings. The molecular weight excluding hydrogens is 304 g/mol. The number of ether oxygens (including phenoxy) is 1. The van der Waals surface area contributed by atoms with Crippen molar-refractivity contribution in [2.45, 2.75) is 25.9 Å². The van der Waals surface area contributed by atoms with E-state index in [0.29, 0.717) is 12.1 Å². The number of para-hydroxylation sites is 1. The van der Waals surface area contributed by atoms with Gasteiger partial charge < -0.3 is 14.9 Å². The van der Waals surface area contributed by atoms with Crippen LogP contribution in [0.15, 0.2) is 53.7 Å². The summed E-state index contributed by atoms with van der Waals surface area (Å²) in [5.41, 5.74) is 3.55. The first-order valence-electron chi connectivity index (χ1n) is 7.97. The van der Waals surface area contributed by atoms with Gasteiger partial charge in [0, 0.05) is 17.7 Å². The lowest BCUT2D eigenvalue weighted by Gasteiger charge is -2.10. The number of carbonyl (C=O) groups is 1. The van der Waals surface area contributed by atoms with E-state index < -0.39 is 6.10 Å². The Morgan fingerprint density at radius 3 is 2.71 bits per heavy atom. The van der Waals surface area contributed by atoms with Crippen LogP contribution in [0.25, 0.3) is 0 Å². The van der Waals surface area contributed by atoms with Crippen molar-refractivity contribution in [3.63, 3.8) is 0 Å². The Bertz CT molecular complexity index is 753. The van der Waals surface area contributed by atoms with Crippen molar-refractivity contribution in [1.82, 2.24) is 0 Å². The van der Waals surface area contributed by atoms with Gasteiger partial charge in [-0.05, 0) is 36.2 Å². The van der Waals surface area contributed by atoms with Gasteiger partial charge in [-0.2, -0.15) is 0 Å². The fourth-order valence-corrected chi connectivity index (χ4v) is 2.61. The summed E-state index contributed by atoms with van der Waals surface area (Å²) in [6.07, 6.45) is 0.755. The molecule has 3 rings (SSSR count). The molecule has 0 bridgehead atoms. The summed E-state index contributed by atoms with van der Waals surface area (Å²) in [6, 6.07) is 15.4. The maximum atomic E-state index is 12.4. The Morgan fingerprint density at radius 2 is 2.00 bits per heavy atom. The summed E-state index contributed by atoms with van der Waals surface area (Å²) in [5, 5.41) is 6.93. The number of nitrogens with zero attached hydrogens (tertiary/aromatic N) is 1. The lowest BCUT2D eigenvalue weighted by atomic mass is 10.0. The van der Waals surface area contributed by atoms with E-state index in [4.69, 9.17) is 9.57 Å². The fourth-order valence-electron chi connectivity index (χ4n) is 2.61. The highest BCUT2D eigenvalue weighted by molar-refractivity contribution is 6.07. The Kier molecular flexibility index (Phi) is 4.79. The van der Waals surface area contributed by atoms with E-state index in [0.717, 1.165) is 23.4 Å². The van der Waals surface area contributed by atoms with Crippen LogP contribution in [0.5, 0.6) is 5.75 Å². The van der Waals surface area contributed by atoms with E-state index in [-0.39, 0.29) is 5.91 Å². The molecule has 1 atom stereocenters. The molecule has 2 aromatic rings. The van der Waals surface area contributed by atoms with Crippen molar-refractivity contribution >= 4 is 17.3 Å². The van der Waals surface area contributed by atoms with Crippen molar-refractivity contribution in [3.05, 3.63) is 59.7 Å². The lowest BCUT2D eigenvalue weighted by molar-refractivity contribution is -0.125. The topological polar surface area (TPSA) is 59.9 Å². The molecule has 0 aromatic heterocycles. The number of anilines is 1. The van der Waals surface area contributed by atoms with Crippen LogP contribution in [0.4, 0.5) is 5.69 Å². The van der Waals surface area contributed by atoms with Gasteiger partial charge in [-0.1, -0.05) is 36.3 Å². The van der Waals surface area contributed by atoms with Crippen molar-refractivity contribution in [1.29, 1.82) is 0 Å². The quantitative estimate of drug-likeness (QED) is 0.917.